The van der Waals surface area contributed by atoms with Crippen molar-refractivity contribution in [2.75, 3.05) is 4.90 Å². The molecule has 50 heavy (non-hydrogen) atoms. The minimum atomic E-state index is 0.594. The Kier molecular flexibility index (Phi) is 7.49. The minimum absolute atomic E-state index is 0.594. The zero-order chi connectivity index (χ0) is 33.3. The van der Waals surface area contributed by atoms with Crippen LogP contribution in [-0.2, 0) is 0 Å². The van der Waals surface area contributed by atoms with Gasteiger partial charge in [0, 0.05) is 22.3 Å². The molecule has 3 nitrogen and oxygen atoms in total. The summed E-state index contributed by atoms with van der Waals surface area (Å²) in [5.74, 6) is 0.594. The second kappa shape index (κ2) is 12.7. The summed E-state index contributed by atoms with van der Waals surface area (Å²) < 4.78 is 6.69. The Labute approximate surface area is 291 Å². The molecule has 3 heteroatoms. The molecule has 0 saturated heterocycles. The van der Waals surface area contributed by atoms with E-state index in [2.05, 4.69) is 181 Å². The van der Waals surface area contributed by atoms with E-state index in [-0.39, 0.29) is 0 Å². The Bertz CT molecular complexity index is 2460. The second-order valence-electron chi connectivity index (χ2n) is 12.4. The molecule has 0 radical (unpaired) electrons. The summed E-state index contributed by atoms with van der Waals surface area (Å²) >= 11 is 0. The fourth-order valence-electron chi connectivity index (χ4n) is 6.75. The molecule has 0 fully saturated rings. The lowest BCUT2D eigenvalue weighted by molar-refractivity contribution is 0.623. The topological polar surface area (TPSA) is 29.3 Å². The van der Waals surface area contributed by atoms with Crippen molar-refractivity contribution in [3.05, 3.63) is 194 Å². The Balaban J connectivity index is 1.21. The smallest absolute Gasteiger partial charge is 0.227 e. The van der Waals surface area contributed by atoms with E-state index < -0.39 is 0 Å². The molecule has 1 aromatic heterocycles. The van der Waals surface area contributed by atoms with Gasteiger partial charge in [0.2, 0.25) is 5.89 Å². The Morgan fingerprint density at radius 1 is 0.380 bits per heavy atom. The predicted octanol–water partition coefficient (Wildman–Crippen LogP) is 13.1. The number of fused-ring (bicyclic) bond motifs is 3. The van der Waals surface area contributed by atoms with Crippen LogP contribution in [0.15, 0.2) is 199 Å². The van der Waals surface area contributed by atoms with Crippen molar-refractivity contribution in [1.29, 1.82) is 0 Å². The van der Waals surface area contributed by atoms with Crippen LogP contribution in [0.5, 0.6) is 0 Å². The lowest BCUT2D eigenvalue weighted by Gasteiger charge is -2.26. The third kappa shape index (κ3) is 5.51. The van der Waals surface area contributed by atoms with Crippen LogP contribution in [0.4, 0.5) is 17.1 Å². The highest BCUT2D eigenvalue weighted by Gasteiger charge is 2.22. The molecule has 236 valence electrons. The first-order valence-electron chi connectivity index (χ1n) is 16.9. The number of hydrogen-bond donors (Lipinski definition) is 0. The van der Waals surface area contributed by atoms with E-state index in [4.69, 9.17) is 9.40 Å². The number of anilines is 3. The molecular weight excluding hydrogens is 609 g/mol. The first kappa shape index (κ1) is 29.4. The van der Waals surface area contributed by atoms with Crippen molar-refractivity contribution in [1.82, 2.24) is 4.98 Å². The SMILES string of the molecule is c1ccc(-c2ccc(-c3nc4c(N(c5ccc(-c6ccccc6)cc5)c5ccc(-c6ccccc6)cc5)cc5ccccc5c4o3)cc2)cc1. The van der Waals surface area contributed by atoms with Crippen molar-refractivity contribution in [3.8, 4) is 44.8 Å². The summed E-state index contributed by atoms with van der Waals surface area (Å²) in [6.45, 7) is 0. The van der Waals surface area contributed by atoms with Crippen LogP contribution in [0, 0.1) is 0 Å². The largest absolute Gasteiger partial charge is 0.435 e. The number of nitrogens with zero attached hydrogens (tertiary/aromatic N) is 2. The van der Waals surface area contributed by atoms with E-state index in [1.807, 2.05) is 18.2 Å². The van der Waals surface area contributed by atoms with Gasteiger partial charge in [0.1, 0.15) is 5.52 Å². The summed E-state index contributed by atoms with van der Waals surface area (Å²) in [5.41, 5.74) is 12.6. The van der Waals surface area contributed by atoms with Gasteiger partial charge in [-0.2, -0.15) is 0 Å². The number of oxazole rings is 1. The fourth-order valence-corrected chi connectivity index (χ4v) is 6.75. The maximum atomic E-state index is 6.69. The van der Waals surface area contributed by atoms with E-state index in [1.165, 1.54) is 27.8 Å². The normalized spacial score (nSPS) is 11.2. The third-order valence-electron chi connectivity index (χ3n) is 9.31. The van der Waals surface area contributed by atoms with Crippen LogP contribution in [0.3, 0.4) is 0 Å². The maximum absolute atomic E-state index is 6.69. The molecule has 0 aliphatic carbocycles. The summed E-state index contributed by atoms with van der Waals surface area (Å²) in [5, 5.41) is 2.12. The van der Waals surface area contributed by atoms with Gasteiger partial charge in [0.25, 0.3) is 0 Å². The first-order valence-corrected chi connectivity index (χ1v) is 16.9. The molecule has 0 unspecified atom stereocenters. The number of aromatic nitrogens is 1. The van der Waals surface area contributed by atoms with Crippen LogP contribution in [0.1, 0.15) is 0 Å². The summed E-state index contributed by atoms with van der Waals surface area (Å²) in [6, 6.07) is 68.0. The first-order chi connectivity index (χ1) is 24.8. The van der Waals surface area contributed by atoms with E-state index in [0.717, 1.165) is 50.1 Å². The second-order valence-corrected chi connectivity index (χ2v) is 12.4. The van der Waals surface area contributed by atoms with Gasteiger partial charge in [0.05, 0.1) is 5.69 Å². The molecule has 1 heterocycles. The van der Waals surface area contributed by atoms with Gasteiger partial charge in [-0.1, -0.05) is 152 Å². The van der Waals surface area contributed by atoms with E-state index >= 15 is 0 Å². The van der Waals surface area contributed by atoms with Gasteiger partial charge >= 0.3 is 0 Å². The average molecular weight is 641 g/mol. The molecule has 0 aliphatic rings. The fraction of sp³-hybridized carbons (Fsp3) is 0. The molecule has 0 atom stereocenters. The van der Waals surface area contributed by atoms with Crippen molar-refractivity contribution in [2.45, 2.75) is 0 Å². The van der Waals surface area contributed by atoms with E-state index in [1.54, 1.807) is 0 Å². The van der Waals surface area contributed by atoms with Crippen LogP contribution < -0.4 is 4.90 Å². The summed E-state index contributed by atoms with van der Waals surface area (Å²) in [7, 11) is 0. The van der Waals surface area contributed by atoms with E-state index in [9.17, 15) is 0 Å². The minimum Gasteiger partial charge on any atom is -0.435 e. The molecule has 0 saturated carbocycles. The highest BCUT2D eigenvalue weighted by molar-refractivity contribution is 6.11. The van der Waals surface area contributed by atoms with Gasteiger partial charge < -0.3 is 9.32 Å². The molecule has 0 N–H and O–H groups in total. The maximum Gasteiger partial charge on any atom is 0.227 e. The van der Waals surface area contributed by atoms with Gasteiger partial charge in [-0.15, -0.1) is 0 Å². The Morgan fingerprint density at radius 3 is 1.28 bits per heavy atom. The zero-order valence-electron chi connectivity index (χ0n) is 27.3. The van der Waals surface area contributed by atoms with Crippen molar-refractivity contribution in [3.63, 3.8) is 0 Å². The molecule has 8 aromatic carbocycles. The van der Waals surface area contributed by atoms with Crippen molar-refractivity contribution in [2.24, 2.45) is 0 Å². The van der Waals surface area contributed by atoms with Gasteiger partial charge in [-0.05, 0) is 81.2 Å². The number of benzene rings is 8. The Hall–Kier alpha value is -6.71. The van der Waals surface area contributed by atoms with E-state index in [0.29, 0.717) is 5.89 Å². The summed E-state index contributed by atoms with van der Waals surface area (Å²) in [4.78, 5) is 7.52. The van der Waals surface area contributed by atoms with Crippen LogP contribution in [0.25, 0.3) is 66.7 Å². The predicted molar refractivity (Wildman–Crippen MR) is 208 cm³/mol. The quantitative estimate of drug-likeness (QED) is 0.174. The van der Waals surface area contributed by atoms with Crippen molar-refractivity contribution < 1.29 is 4.42 Å². The van der Waals surface area contributed by atoms with Crippen molar-refractivity contribution >= 4 is 38.9 Å². The highest BCUT2D eigenvalue weighted by atomic mass is 16.3. The molecule has 9 rings (SSSR count). The molecule has 0 amide bonds. The Morgan fingerprint density at radius 2 is 0.780 bits per heavy atom. The van der Waals surface area contributed by atoms with Crippen LogP contribution in [-0.4, -0.2) is 4.98 Å². The lowest BCUT2D eigenvalue weighted by Crippen LogP contribution is -2.10. The average Bonchev–Trinajstić information content (AvgIpc) is 3.66. The zero-order valence-corrected chi connectivity index (χ0v) is 27.3. The van der Waals surface area contributed by atoms with Crippen LogP contribution in [0.2, 0.25) is 0 Å². The van der Waals surface area contributed by atoms with Gasteiger partial charge in [-0.3, -0.25) is 0 Å². The third-order valence-corrected chi connectivity index (χ3v) is 9.31. The molecular formula is C47H32N2O. The highest BCUT2D eigenvalue weighted by Crippen LogP contribution is 2.44. The molecule has 0 aliphatic heterocycles. The monoisotopic (exact) mass is 640 g/mol. The van der Waals surface area contributed by atoms with Gasteiger partial charge in [-0.25, -0.2) is 4.98 Å². The lowest BCUT2D eigenvalue weighted by atomic mass is 10.0. The van der Waals surface area contributed by atoms with Crippen LogP contribution >= 0.6 is 0 Å². The number of rotatable bonds is 7. The molecule has 0 bridgehead atoms. The molecule has 9 aromatic rings. The summed E-state index contributed by atoms with van der Waals surface area (Å²) in [6.07, 6.45) is 0. The van der Waals surface area contributed by atoms with Gasteiger partial charge in [0.15, 0.2) is 5.58 Å². The number of hydrogen-bond acceptors (Lipinski definition) is 3. The standard InChI is InChI=1S/C47H32N2O/c1-4-12-33(13-5-1)36-20-22-39(23-21-36)47-48-45-44(32-40-18-10-11-19-43(40)46(45)50-47)49(41-28-24-37(25-29-41)34-14-6-2-7-15-34)42-30-26-38(27-31-42)35-16-8-3-9-17-35/h1-32H. The molecule has 0 spiro atoms.